The van der Waals surface area contributed by atoms with Gasteiger partial charge in [0.25, 0.3) is 21.8 Å². The minimum absolute atomic E-state index is 0.0397. The largest absolute Gasteiger partial charge is 0.495 e. The van der Waals surface area contributed by atoms with Crippen LogP contribution in [-0.4, -0.2) is 46.7 Å². The normalized spacial score (nSPS) is 11.2. The number of carbonyl (C=O) groups is 2. The highest BCUT2D eigenvalue weighted by Gasteiger charge is 2.29. The summed E-state index contributed by atoms with van der Waals surface area (Å²) in [5.41, 5.74) is 6.75. The van der Waals surface area contributed by atoms with Gasteiger partial charge in [0.1, 0.15) is 18.0 Å². The van der Waals surface area contributed by atoms with Crippen molar-refractivity contribution in [3.63, 3.8) is 0 Å². The number of hydrogen-bond donors (Lipinski definition) is 2. The number of ether oxygens (including phenoxy) is 2. The van der Waals surface area contributed by atoms with Gasteiger partial charge in [-0.15, -0.1) is 0 Å². The van der Waals surface area contributed by atoms with Crippen molar-refractivity contribution in [2.75, 3.05) is 29.9 Å². The molecule has 4 aromatic carbocycles. The zero-order valence-electron chi connectivity index (χ0n) is 24.9. The summed E-state index contributed by atoms with van der Waals surface area (Å²) < 4.78 is 39.4. The van der Waals surface area contributed by atoms with E-state index in [1.54, 1.807) is 54.6 Å². The molecule has 2 N–H and O–H groups in total. The number of nitrogens with one attached hydrogen (secondary N) is 2. The quantitative estimate of drug-likeness (QED) is 0.171. The summed E-state index contributed by atoms with van der Waals surface area (Å²) in [7, 11) is -2.69. The average Bonchev–Trinajstić information content (AvgIpc) is 3.01. The minimum Gasteiger partial charge on any atom is -0.495 e. The van der Waals surface area contributed by atoms with Gasteiger partial charge in [-0.05, 0) is 92.6 Å². The highest BCUT2D eigenvalue weighted by molar-refractivity contribution is 7.92. The first-order valence-electron chi connectivity index (χ1n) is 13.7. The SMILES string of the molecule is COc1ccc(C)cc1N(CC(=O)N/N=C\c1ccc(OCC(=O)Nc2ccc(C)cc2)cc1)S(=O)(=O)c1ccc(C)cc1. The van der Waals surface area contributed by atoms with E-state index in [1.165, 1.54) is 25.5 Å². The lowest BCUT2D eigenvalue weighted by Gasteiger charge is -2.25. The molecule has 0 spiro atoms. The van der Waals surface area contributed by atoms with E-state index in [1.807, 2.05) is 45.0 Å². The second-order valence-corrected chi connectivity index (χ2v) is 11.9. The molecule has 4 rings (SSSR count). The van der Waals surface area contributed by atoms with Crippen LogP contribution in [0.15, 0.2) is 101 Å². The summed E-state index contributed by atoms with van der Waals surface area (Å²) in [5, 5.41) is 6.76. The van der Waals surface area contributed by atoms with E-state index in [0.717, 1.165) is 21.0 Å². The molecule has 0 aliphatic carbocycles. The number of benzene rings is 4. The van der Waals surface area contributed by atoms with Crippen LogP contribution in [0.2, 0.25) is 0 Å². The van der Waals surface area contributed by atoms with Crippen molar-refractivity contribution in [1.29, 1.82) is 0 Å². The first-order valence-corrected chi connectivity index (χ1v) is 15.1. The van der Waals surface area contributed by atoms with E-state index in [2.05, 4.69) is 15.8 Å². The van der Waals surface area contributed by atoms with E-state index in [4.69, 9.17) is 9.47 Å². The smallest absolute Gasteiger partial charge is 0.264 e. The molecule has 228 valence electrons. The number of hydrazone groups is 1. The fourth-order valence-corrected chi connectivity index (χ4v) is 5.53. The second kappa shape index (κ2) is 14.3. The number of methoxy groups -OCH3 is 1. The molecule has 0 unspecified atom stereocenters. The number of sulfonamides is 1. The van der Waals surface area contributed by atoms with Crippen molar-refractivity contribution in [3.05, 3.63) is 113 Å². The van der Waals surface area contributed by atoms with Crippen LogP contribution in [-0.2, 0) is 19.6 Å². The Bertz CT molecular complexity index is 1740. The summed E-state index contributed by atoms with van der Waals surface area (Å²) in [6, 6.07) is 25.7. The molecular weight excluding hydrogens is 580 g/mol. The van der Waals surface area contributed by atoms with E-state index in [0.29, 0.717) is 22.7 Å². The van der Waals surface area contributed by atoms with Gasteiger partial charge >= 0.3 is 0 Å². The Hall–Kier alpha value is -5.16. The molecule has 4 aromatic rings. The van der Waals surface area contributed by atoms with Gasteiger partial charge in [-0.3, -0.25) is 13.9 Å². The summed E-state index contributed by atoms with van der Waals surface area (Å²) >= 11 is 0. The van der Waals surface area contributed by atoms with Crippen LogP contribution in [0.3, 0.4) is 0 Å². The van der Waals surface area contributed by atoms with E-state index < -0.39 is 22.5 Å². The van der Waals surface area contributed by atoms with Gasteiger partial charge < -0.3 is 14.8 Å². The number of rotatable bonds is 12. The van der Waals surface area contributed by atoms with Crippen molar-refractivity contribution in [2.45, 2.75) is 25.7 Å². The van der Waals surface area contributed by atoms with Crippen molar-refractivity contribution in [2.24, 2.45) is 5.10 Å². The molecule has 0 heterocycles. The summed E-state index contributed by atoms with van der Waals surface area (Å²) in [6.07, 6.45) is 1.41. The Balaban J connectivity index is 1.39. The number of amides is 2. The van der Waals surface area contributed by atoms with Crippen LogP contribution in [0.5, 0.6) is 11.5 Å². The maximum absolute atomic E-state index is 13.7. The first-order chi connectivity index (χ1) is 21.0. The zero-order chi connectivity index (χ0) is 31.7. The van der Waals surface area contributed by atoms with Gasteiger partial charge in [0, 0.05) is 5.69 Å². The topological polar surface area (TPSA) is 126 Å². The molecule has 44 heavy (non-hydrogen) atoms. The molecule has 10 nitrogen and oxygen atoms in total. The Morgan fingerprint density at radius 2 is 1.43 bits per heavy atom. The maximum Gasteiger partial charge on any atom is 0.264 e. The summed E-state index contributed by atoms with van der Waals surface area (Å²) in [5.74, 6) is -0.157. The minimum atomic E-state index is -4.13. The van der Waals surface area contributed by atoms with Gasteiger partial charge in [0.05, 0.1) is 23.9 Å². The Morgan fingerprint density at radius 1 is 0.818 bits per heavy atom. The van der Waals surface area contributed by atoms with E-state index in [9.17, 15) is 18.0 Å². The number of carbonyl (C=O) groups excluding carboxylic acids is 2. The van der Waals surface area contributed by atoms with E-state index >= 15 is 0 Å². The van der Waals surface area contributed by atoms with Crippen molar-refractivity contribution in [1.82, 2.24) is 5.43 Å². The van der Waals surface area contributed by atoms with Crippen LogP contribution in [0.25, 0.3) is 0 Å². The molecule has 0 aromatic heterocycles. The third kappa shape index (κ3) is 8.45. The van der Waals surface area contributed by atoms with Crippen molar-refractivity contribution >= 4 is 39.4 Å². The molecule has 0 saturated heterocycles. The Kier molecular flexibility index (Phi) is 10.4. The lowest BCUT2D eigenvalue weighted by atomic mass is 10.2. The molecule has 2 amide bonds. The number of nitrogens with zero attached hydrogens (tertiary/aromatic N) is 2. The van der Waals surface area contributed by atoms with Crippen molar-refractivity contribution < 1.29 is 27.5 Å². The van der Waals surface area contributed by atoms with Gasteiger partial charge in [-0.25, -0.2) is 13.8 Å². The summed E-state index contributed by atoms with van der Waals surface area (Å²) in [4.78, 5) is 25.2. The molecule has 0 aliphatic heterocycles. The monoisotopic (exact) mass is 614 g/mol. The molecule has 0 bridgehead atoms. The second-order valence-electron chi connectivity index (χ2n) is 10.1. The maximum atomic E-state index is 13.7. The van der Waals surface area contributed by atoms with Crippen LogP contribution in [0, 0.1) is 20.8 Å². The molecule has 0 saturated carbocycles. The van der Waals surface area contributed by atoms with Crippen LogP contribution >= 0.6 is 0 Å². The van der Waals surface area contributed by atoms with Crippen LogP contribution in [0.1, 0.15) is 22.3 Å². The molecule has 0 radical (unpaired) electrons. The third-order valence-corrected chi connectivity index (χ3v) is 8.26. The highest BCUT2D eigenvalue weighted by atomic mass is 32.2. The average molecular weight is 615 g/mol. The molecule has 0 atom stereocenters. The van der Waals surface area contributed by atoms with Crippen LogP contribution in [0.4, 0.5) is 11.4 Å². The van der Waals surface area contributed by atoms with Gasteiger partial charge in [0.15, 0.2) is 6.61 Å². The zero-order valence-corrected chi connectivity index (χ0v) is 25.7. The predicted octanol–water partition coefficient (Wildman–Crippen LogP) is 4.98. The fraction of sp³-hybridized carbons (Fsp3) is 0.182. The summed E-state index contributed by atoms with van der Waals surface area (Å²) in [6.45, 7) is 4.95. The Morgan fingerprint density at radius 3 is 2.07 bits per heavy atom. The fourth-order valence-electron chi connectivity index (χ4n) is 4.11. The van der Waals surface area contributed by atoms with Gasteiger partial charge in [-0.1, -0.05) is 41.5 Å². The standard InChI is InChI=1S/C33H34N4O6S/c1-23-5-12-27(13-6-23)35-33(39)22-43-28-14-10-26(11-15-28)20-34-36-32(38)21-37(30-19-25(3)9-18-31(30)42-4)44(40,41)29-16-7-24(2)8-17-29/h5-20H,21-22H2,1-4H3,(H,35,39)(H,36,38)/b34-20-. The molecular formula is C33H34N4O6S. The predicted molar refractivity (Wildman–Crippen MR) is 171 cm³/mol. The number of anilines is 2. The highest BCUT2D eigenvalue weighted by Crippen LogP contribution is 2.33. The lowest BCUT2D eigenvalue weighted by molar-refractivity contribution is -0.119. The number of hydrogen-bond acceptors (Lipinski definition) is 7. The number of aryl methyl sites for hydroxylation is 3. The molecule has 0 fully saturated rings. The van der Waals surface area contributed by atoms with E-state index in [-0.39, 0.29) is 23.1 Å². The Labute approximate surface area is 257 Å². The molecule has 0 aliphatic rings. The lowest BCUT2D eigenvalue weighted by Crippen LogP contribution is -2.39. The van der Waals surface area contributed by atoms with Crippen molar-refractivity contribution in [3.8, 4) is 11.5 Å². The van der Waals surface area contributed by atoms with Gasteiger partial charge in [-0.2, -0.15) is 5.10 Å². The third-order valence-electron chi connectivity index (χ3n) is 6.49. The van der Waals surface area contributed by atoms with Crippen LogP contribution < -0.4 is 24.5 Å². The first kappa shape index (κ1) is 31.8. The molecule has 11 heteroatoms. The van der Waals surface area contributed by atoms with Gasteiger partial charge in [0.2, 0.25) is 0 Å².